The summed E-state index contributed by atoms with van der Waals surface area (Å²) in [7, 11) is 0. The van der Waals surface area contributed by atoms with Crippen LogP contribution in [0, 0.1) is 6.92 Å². The van der Waals surface area contributed by atoms with E-state index in [0.717, 1.165) is 11.3 Å². The molecular weight excluding hydrogens is 344 g/mol. The third-order valence-corrected chi connectivity index (χ3v) is 4.54. The van der Waals surface area contributed by atoms with Gasteiger partial charge >= 0.3 is 6.09 Å². The van der Waals surface area contributed by atoms with Crippen LogP contribution in [0.5, 0.6) is 5.75 Å². The van der Waals surface area contributed by atoms with Crippen LogP contribution in [0.4, 0.5) is 4.79 Å². The molecule has 1 saturated heterocycles. The Bertz CT molecular complexity index is 834. The zero-order valence-corrected chi connectivity index (χ0v) is 16.1. The molecule has 0 atom stereocenters. The second-order valence-electron chi connectivity index (χ2n) is 7.14. The van der Waals surface area contributed by atoms with Crippen molar-refractivity contribution in [3.8, 4) is 11.4 Å². The molecule has 0 spiro atoms. The standard InChI is InChI=1S/C21H26N2O4/c1-15(2)26-21(25)22-11-8-18(9-12-22)27-19-10-13-23(20(24)14-19)17-6-4-16(3)5-7-17/h4-7,10,13-15,18H,8-9,11-12H2,1-3H3. The maximum Gasteiger partial charge on any atom is 0.410 e. The van der Waals surface area contributed by atoms with Gasteiger partial charge in [0.05, 0.1) is 6.10 Å². The Hall–Kier alpha value is -2.76. The molecule has 144 valence electrons. The van der Waals surface area contributed by atoms with Gasteiger partial charge in [-0.3, -0.25) is 9.36 Å². The van der Waals surface area contributed by atoms with Crippen LogP contribution >= 0.6 is 0 Å². The Morgan fingerprint density at radius 3 is 2.37 bits per heavy atom. The highest BCUT2D eigenvalue weighted by Crippen LogP contribution is 2.19. The minimum atomic E-state index is -0.274. The summed E-state index contributed by atoms with van der Waals surface area (Å²) in [6, 6.07) is 11.1. The topological polar surface area (TPSA) is 60.8 Å². The Kier molecular flexibility index (Phi) is 5.84. The predicted molar refractivity (Wildman–Crippen MR) is 104 cm³/mol. The van der Waals surface area contributed by atoms with E-state index >= 15 is 0 Å². The van der Waals surface area contributed by atoms with Crippen molar-refractivity contribution in [1.82, 2.24) is 9.47 Å². The van der Waals surface area contributed by atoms with Gasteiger partial charge in [0.15, 0.2) is 0 Å². The van der Waals surface area contributed by atoms with E-state index < -0.39 is 0 Å². The molecule has 2 aromatic rings. The number of amides is 1. The first kappa shape index (κ1) is 19.0. The lowest BCUT2D eigenvalue weighted by atomic mass is 10.1. The zero-order chi connectivity index (χ0) is 19.4. The molecule has 0 saturated carbocycles. The molecule has 0 radical (unpaired) electrons. The van der Waals surface area contributed by atoms with Crippen molar-refractivity contribution in [2.75, 3.05) is 13.1 Å². The highest BCUT2D eigenvalue weighted by atomic mass is 16.6. The molecule has 0 unspecified atom stereocenters. The Labute approximate surface area is 159 Å². The maximum atomic E-state index is 12.4. The Balaban J connectivity index is 1.59. The molecule has 2 heterocycles. The Morgan fingerprint density at radius 1 is 1.11 bits per heavy atom. The molecule has 3 rings (SSSR count). The summed E-state index contributed by atoms with van der Waals surface area (Å²) >= 11 is 0. The number of pyridine rings is 1. The van der Waals surface area contributed by atoms with Crippen LogP contribution in [0.1, 0.15) is 32.3 Å². The summed E-state index contributed by atoms with van der Waals surface area (Å²) in [6.07, 6.45) is 2.76. The van der Waals surface area contributed by atoms with Crippen molar-refractivity contribution in [2.24, 2.45) is 0 Å². The number of carbonyl (C=O) groups is 1. The fourth-order valence-electron chi connectivity index (χ4n) is 3.08. The number of aromatic nitrogens is 1. The number of hydrogen-bond acceptors (Lipinski definition) is 4. The van der Waals surface area contributed by atoms with E-state index in [0.29, 0.717) is 31.7 Å². The summed E-state index contributed by atoms with van der Waals surface area (Å²) in [5.74, 6) is 0.562. The molecule has 1 aliphatic heterocycles. The lowest BCUT2D eigenvalue weighted by molar-refractivity contribution is 0.0516. The van der Waals surface area contributed by atoms with Gasteiger partial charge in [0, 0.05) is 43.9 Å². The first-order valence-electron chi connectivity index (χ1n) is 9.34. The summed E-state index contributed by atoms with van der Waals surface area (Å²) in [4.78, 5) is 26.1. The average Bonchev–Trinajstić information content (AvgIpc) is 2.63. The van der Waals surface area contributed by atoms with Gasteiger partial charge in [-0.2, -0.15) is 0 Å². The van der Waals surface area contributed by atoms with E-state index in [1.807, 2.05) is 45.0 Å². The second kappa shape index (κ2) is 8.29. The highest BCUT2D eigenvalue weighted by Gasteiger charge is 2.25. The van der Waals surface area contributed by atoms with Gasteiger partial charge in [-0.25, -0.2) is 4.79 Å². The summed E-state index contributed by atoms with van der Waals surface area (Å²) < 4.78 is 12.8. The number of nitrogens with zero attached hydrogens (tertiary/aromatic N) is 2. The van der Waals surface area contributed by atoms with Gasteiger partial charge in [-0.1, -0.05) is 17.7 Å². The van der Waals surface area contributed by atoms with Crippen molar-refractivity contribution in [1.29, 1.82) is 0 Å². The minimum Gasteiger partial charge on any atom is -0.490 e. The van der Waals surface area contributed by atoms with E-state index in [1.54, 1.807) is 21.7 Å². The third kappa shape index (κ3) is 4.90. The van der Waals surface area contributed by atoms with Crippen LogP contribution in [-0.2, 0) is 4.74 Å². The number of ether oxygens (including phenoxy) is 2. The largest absolute Gasteiger partial charge is 0.490 e. The molecule has 0 N–H and O–H groups in total. The number of rotatable bonds is 4. The normalized spacial score (nSPS) is 15.0. The fraction of sp³-hybridized carbons (Fsp3) is 0.429. The predicted octanol–water partition coefficient (Wildman–Crippen LogP) is 3.53. The number of benzene rings is 1. The lowest BCUT2D eigenvalue weighted by Gasteiger charge is -2.32. The van der Waals surface area contributed by atoms with E-state index in [9.17, 15) is 9.59 Å². The number of carbonyl (C=O) groups excluding carboxylic acids is 1. The lowest BCUT2D eigenvalue weighted by Crippen LogP contribution is -2.42. The molecule has 27 heavy (non-hydrogen) atoms. The average molecular weight is 370 g/mol. The van der Waals surface area contributed by atoms with Crippen molar-refractivity contribution >= 4 is 6.09 Å². The number of piperidine rings is 1. The highest BCUT2D eigenvalue weighted by molar-refractivity contribution is 5.67. The molecular formula is C21H26N2O4. The summed E-state index contributed by atoms with van der Waals surface area (Å²) in [6.45, 7) is 6.88. The second-order valence-corrected chi connectivity index (χ2v) is 7.14. The van der Waals surface area contributed by atoms with Crippen LogP contribution in [0.15, 0.2) is 47.4 Å². The van der Waals surface area contributed by atoms with Gasteiger partial charge in [-0.05, 0) is 39.0 Å². The molecule has 6 nitrogen and oxygen atoms in total. The molecule has 1 aromatic carbocycles. The van der Waals surface area contributed by atoms with Crippen molar-refractivity contribution in [3.63, 3.8) is 0 Å². The molecule has 1 amide bonds. The first-order valence-corrected chi connectivity index (χ1v) is 9.34. The van der Waals surface area contributed by atoms with Crippen molar-refractivity contribution in [3.05, 3.63) is 58.5 Å². The van der Waals surface area contributed by atoms with Crippen LogP contribution in [0.3, 0.4) is 0 Å². The number of aryl methyl sites for hydroxylation is 1. The van der Waals surface area contributed by atoms with E-state index in [4.69, 9.17) is 9.47 Å². The number of hydrogen-bond donors (Lipinski definition) is 0. The van der Waals surface area contributed by atoms with Gasteiger partial charge in [0.2, 0.25) is 0 Å². The quantitative estimate of drug-likeness (QED) is 0.826. The van der Waals surface area contributed by atoms with Crippen LogP contribution in [0.2, 0.25) is 0 Å². The van der Waals surface area contributed by atoms with E-state index in [2.05, 4.69) is 0 Å². The summed E-state index contributed by atoms with van der Waals surface area (Å²) in [5.41, 5.74) is 1.85. The fourth-order valence-corrected chi connectivity index (χ4v) is 3.08. The molecule has 6 heteroatoms. The van der Waals surface area contributed by atoms with Gasteiger partial charge < -0.3 is 14.4 Å². The Morgan fingerprint density at radius 2 is 1.78 bits per heavy atom. The van der Waals surface area contributed by atoms with Gasteiger partial charge in [-0.15, -0.1) is 0 Å². The van der Waals surface area contributed by atoms with Crippen LogP contribution < -0.4 is 10.3 Å². The van der Waals surface area contributed by atoms with Crippen molar-refractivity contribution < 1.29 is 14.3 Å². The van der Waals surface area contributed by atoms with E-state index in [1.165, 1.54) is 6.07 Å². The van der Waals surface area contributed by atoms with Crippen LogP contribution in [0.25, 0.3) is 5.69 Å². The molecule has 1 fully saturated rings. The van der Waals surface area contributed by atoms with Gasteiger partial charge in [0.25, 0.3) is 5.56 Å². The third-order valence-electron chi connectivity index (χ3n) is 4.54. The number of likely N-dealkylation sites (tertiary alicyclic amines) is 1. The van der Waals surface area contributed by atoms with E-state index in [-0.39, 0.29) is 23.9 Å². The molecule has 0 aliphatic carbocycles. The maximum absolute atomic E-state index is 12.4. The van der Waals surface area contributed by atoms with Crippen LogP contribution in [-0.4, -0.2) is 40.9 Å². The molecule has 1 aliphatic rings. The minimum absolute atomic E-state index is 0.0114. The smallest absolute Gasteiger partial charge is 0.410 e. The molecule has 1 aromatic heterocycles. The van der Waals surface area contributed by atoms with Gasteiger partial charge in [0.1, 0.15) is 11.9 Å². The summed E-state index contributed by atoms with van der Waals surface area (Å²) in [5, 5.41) is 0. The van der Waals surface area contributed by atoms with Crippen molar-refractivity contribution in [2.45, 2.75) is 45.8 Å². The molecule has 0 bridgehead atoms. The first-order chi connectivity index (χ1) is 12.9. The zero-order valence-electron chi connectivity index (χ0n) is 16.1. The SMILES string of the molecule is Cc1ccc(-n2ccc(OC3CCN(C(=O)OC(C)C)CC3)cc2=O)cc1. The monoisotopic (exact) mass is 370 g/mol.